The van der Waals surface area contributed by atoms with Gasteiger partial charge in [0.1, 0.15) is 11.6 Å². The largest absolute Gasteiger partial charge is 0.494 e. The zero-order valence-electron chi connectivity index (χ0n) is 13.5. The van der Waals surface area contributed by atoms with E-state index in [1.165, 1.54) is 17.2 Å². The first-order chi connectivity index (χ1) is 10.6. The van der Waals surface area contributed by atoms with Crippen molar-refractivity contribution in [3.63, 3.8) is 0 Å². The Bertz CT molecular complexity index is 639. The summed E-state index contributed by atoms with van der Waals surface area (Å²) in [6, 6.07) is 11.1. The van der Waals surface area contributed by atoms with E-state index in [2.05, 4.69) is 26.0 Å². The van der Waals surface area contributed by atoms with Crippen molar-refractivity contribution < 1.29 is 9.13 Å². The van der Waals surface area contributed by atoms with E-state index >= 15 is 0 Å². The molecule has 1 unspecified atom stereocenters. The van der Waals surface area contributed by atoms with Crippen LogP contribution in [0.25, 0.3) is 0 Å². The molecule has 0 aliphatic rings. The van der Waals surface area contributed by atoms with Crippen molar-refractivity contribution in [2.75, 3.05) is 13.2 Å². The van der Waals surface area contributed by atoms with Crippen LogP contribution in [-0.2, 0) is 6.42 Å². The SMILES string of the molecule is CCOc1cc(C)c(C)cc1C(CN)Cc1ccccc1F. The Balaban J connectivity index is 2.38. The average molecular weight is 301 g/mol. The Morgan fingerprint density at radius 1 is 1.14 bits per heavy atom. The molecule has 0 heterocycles. The Kier molecular flexibility index (Phi) is 5.56. The minimum Gasteiger partial charge on any atom is -0.494 e. The third-order valence-corrected chi connectivity index (χ3v) is 4.07. The highest BCUT2D eigenvalue weighted by molar-refractivity contribution is 5.44. The minimum atomic E-state index is -0.178. The summed E-state index contributed by atoms with van der Waals surface area (Å²) in [6.45, 7) is 7.16. The lowest BCUT2D eigenvalue weighted by Crippen LogP contribution is -2.17. The molecule has 0 amide bonds. The van der Waals surface area contributed by atoms with Crippen LogP contribution in [0.15, 0.2) is 36.4 Å². The third kappa shape index (κ3) is 3.66. The first kappa shape index (κ1) is 16.5. The Morgan fingerprint density at radius 3 is 2.45 bits per heavy atom. The number of aryl methyl sites for hydroxylation is 2. The highest BCUT2D eigenvalue weighted by atomic mass is 19.1. The van der Waals surface area contributed by atoms with Crippen molar-refractivity contribution in [2.45, 2.75) is 33.1 Å². The quantitative estimate of drug-likeness (QED) is 0.871. The highest BCUT2D eigenvalue weighted by Gasteiger charge is 2.18. The van der Waals surface area contributed by atoms with Crippen LogP contribution in [0.5, 0.6) is 5.75 Å². The number of benzene rings is 2. The fourth-order valence-electron chi connectivity index (χ4n) is 2.66. The number of hydrogen-bond acceptors (Lipinski definition) is 2. The monoisotopic (exact) mass is 301 g/mol. The van der Waals surface area contributed by atoms with Crippen LogP contribution in [0.3, 0.4) is 0 Å². The van der Waals surface area contributed by atoms with Gasteiger partial charge in [-0.1, -0.05) is 24.3 Å². The summed E-state index contributed by atoms with van der Waals surface area (Å²) >= 11 is 0. The first-order valence-electron chi connectivity index (χ1n) is 7.74. The molecule has 0 aromatic heterocycles. The topological polar surface area (TPSA) is 35.2 Å². The maximum atomic E-state index is 13.9. The van der Waals surface area contributed by atoms with Gasteiger partial charge in [0.05, 0.1) is 6.61 Å². The number of nitrogens with two attached hydrogens (primary N) is 1. The van der Waals surface area contributed by atoms with Gasteiger partial charge in [-0.25, -0.2) is 4.39 Å². The van der Waals surface area contributed by atoms with E-state index in [0.29, 0.717) is 25.1 Å². The fourth-order valence-corrected chi connectivity index (χ4v) is 2.66. The van der Waals surface area contributed by atoms with Gasteiger partial charge in [-0.2, -0.15) is 0 Å². The molecule has 0 fully saturated rings. The van der Waals surface area contributed by atoms with E-state index in [-0.39, 0.29) is 11.7 Å². The van der Waals surface area contributed by atoms with Gasteiger partial charge >= 0.3 is 0 Å². The van der Waals surface area contributed by atoms with E-state index in [1.54, 1.807) is 6.07 Å². The van der Waals surface area contributed by atoms with Crippen molar-refractivity contribution in [2.24, 2.45) is 5.73 Å². The van der Waals surface area contributed by atoms with Crippen LogP contribution in [0, 0.1) is 19.7 Å². The molecule has 118 valence electrons. The lowest BCUT2D eigenvalue weighted by atomic mass is 9.89. The van der Waals surface area contributed by atoms with Crippen LogP contribution in [0.2, 0.25) is 0 Å². The van der Waals surface area contributed by atoms with Gasteiger partial charge in [0, 0.05) is 5.92 Å². The van der Waals surface area contributed by atoms with Gasteiger partial charge in [0.2, 0.25) is 0 Å². The van der Waals surface area contributed by atoms with E-state index in [0.717, 1.165) is 11.3 Å². The van der Waals surface area contributed by atoms with E-state index < -0.39 is 0 Å². The molecule has 2 N–H and O–H groups in total. The maximum absolute atomic E-state index is 13.9. The van der Waals surface area contributed by atoms with E-state index in [1.807, 2.05) is 19.1 Å². The van der Waals surface area contributed by atoms with Crippen LogP contribution in [0.4, 0.5) is 4.39 Å². The second-order valence-electron chi connectivity index (χ2n) is 5.64. The zero-order valence-corrected chi connectivity index (χ0v) is 13.5. The predicted molar refractivity (Wildman–Crippen MR) is 89.0 cm³/mol. The first-order valence-corrected chi connectivity index (χ1v) is 7.74. The molecule has 0 saturated carbocycles. The molecule has 0 saturated heterocycles. The lowest BCUT2D eigenvalue weighted by Gasteiger charge is -2.21. The molecule has 2 rings (SSSR count). The number of hydrogen-bond donors (Lipinski definition) is 1. The van der Waals surface area contributed by atoms with E-state index in [9.17, 15) is 4.39 Å². The molecule has 0 radical (unpaired) electrons. The normalized spacial score (nSPS) is 12.2. The molecule has 0 bridgehead atoms. The van der Waals surface area contributed by atoms with Crippen LogP contribution < -0.4 is 10.5 Å². The average Bonchev–Trinajstić information content (AvgIpc) is 2.50. The van der Waals surface area contributed by atoms with Gasteiger partial charge in [0.25, 0.3) is 0 Å². The standard InChI is InChI=1S/C19H24FNO/c1-4-22-19-10-14(3)13(2)9-17(19)16(12-21)11-15-7-5-6-8-18(15)20/h5-10,16H,4,11-12,21H2,1-3H3. The van der Waals surface area contributed by atoms with Gasteiger partial charge in [-0.3, -0.25) is 0 Å². The molecule has 0 spiro atoms. The summed E-state index contributed by atoms with van der Waals surface area (Å²) in [5.41, 5.74) is 10.1. The van der Waals surface area contributed by atoms with E-state index in [4.69, 9.17) is 10.5 Å². The molecule has 0 aliphatic carbocycles. The zero-order chi connectivity index (χ0) is 16.1. The fraction of sp³-hybridized carbons (Fsp3) is 0.368. The summed E-state index contributed by atoms with van der Waals surface area (Å²) in [7, 11) is 0. The summed E-state index contributed by atoms with van der Waals surface area (Å²) in [6.07, 6.45) is 0.575. The Morgan fingerprint density at radius 2 is 1.82 bits per heavy atom. The molecule has 3 heteroatoms. The second-order valence-corrected chi connectivity index (χ2v) is 5.64. The Labute approximate surface area is 132 Å². The number of ether oxygens (including phenoxy) is 1. The Hall–Kier alpha value is -1.87. The molecular weight excluding hydrogens is 277 g/mol. The van der Waals surface area contributed by atoms with Crippen molar-refractivity contribution in [3.05, 3.63) is 64.5 Å². The van der Waals surface area contributed by atoms with Crippen LogP contribution in [-0.4, -0.2) is 13.2 Å². The van der Waals surface area contributed by atoms with Crippen LogP contribution >= 0.6 is 0 Å². The van der Waals surface area contributed by atoms with Gasteiger partial charge in [0.15, 0.2) is 0 Å². The van der Waals surface area contributed by atoms with Crippen molar-refractivity contribution in [3.8, 4) is 5.75 Å². The molecule has 2 aromatic carbocycles. The number of rotatable bonds is 6. The predicted octanol–water partition coefficient (Wildman–Crippen LogP) is 4.13. The molecule has 22 heavy (non-hydrogen) atoms. The third-order valence-electron chi connectivity index (χ3n) is 4.07. The molecule has 1 atom stereocenters. The minimum absolute atomic E-state index is 0.0396. The van der Waals surface area contributed by atoms with Crippen molar-refractivity contribution >= 4 is 0 Å². The summed E-state index contributed by atoms with van der Waals surface area (Å²) < 4.78 is 19.7. The molecular formula is C19H24FNO. The molecule has 2 nitrogen and oxygen atoms in total. The highest BCUT2D eigenvalue weighted by Crippen LogP contribution is 2.32. The summed E-state index contributed by atoms with van der Waals surface area (Å²) in [5, 5.41) is 0. The van der Waals surface area contributed by atoms with Crippen molar-refractivity contribution in [1.82, 2.24) is 0 Å². The second kappa shape index (κ2) is 7.41. The van der Waals surface area contributed by atoms with Gasteiger partial charge in [-0.15, -0.1) is 0 Å². The maximum Gasteiger partial charge on any atom is 0.126 e. The summed E-state index contributed by atoms with van der Waals surface area (Å²) in [4.78, 5) is 0. The van der Waals surface area contributed by atoms with Gasteiger partial charge < -0.3 is 10.5 Å². The smallest absolute Gasteiger partial charge is 0.126 e. The van der Waals surface area contributed by atoms with Gasteiger partial charge in [-0.05, 0) is 68.1 Å². The van der Waals surface area contributed by atoms with Crippen molar-refractivity contribution in [1.29, 1.82) is 0 Å². The number of halogens is 1. The molecule has 2 aromatic rings. The lowest BCUT2D eigenvalue weighted by molar-refractivity contribution is 0.333. The molecule has 0 aliphatic heterocycles. The summed E-state index contributed by atoms with van der Waals surface area (Å²) in [5.74, 6) is 0.720. The van der Waals surface area contributed by atoms with Crippen LogP contribution in [0.1, 0.15) is 35.1 Å².